The van der Waals surface area contributed by atoms with Gasteiger partial charge in [-0.25, -0.2) is 0 Å². The van der Waals surface area contributed by atoms with Gasteiger partial charge in [0.2, 0.25) is 5.91 Å². The fourth-order valence-electron chi connectivity index (χ4n) is 5.75. The molecule has 2 N–H and O–H groups in total. The van der Waals surface area contributed by atoms with Gasteiger partial charge in [0.25, 0.3) is 0 Å². The van der Waals surface area contributed by atoms with Gasteiger partial charge in [0.15, 0.2) is 0 Å². The fraction of sp³-hybridized carbons (Fsp3) is 0.379. The molecule has 0 radical (unpaired) electrons. The second-order valence-electron chi connectivity index (χ2n) is 9.88. The van der Waals surface area contributed by atoms with Gasteiger partial charge in [-0.1, -0.05) is 48.5 Å². The molecule has 3 unspecified atom stereocenters. The van der Waals surface area contributed by atoms with Gasteiger partial charge in [0, 0.05) is 50.0 Å². The van der Waals surface area contributed by atoms with Gasteiger partial charge in [-0.05, 0) is 53.8 Å². The largest absolute Gasteiger partial charge is 0.362 e. The standard InChI is InChI=1S/C29H33N5OS/c35-28(25-20-36-29(32-25)23-9-5-12-30-18-23)31-13-6-14-33-15-16-34-26-11-4-2-8-22(26)17-21-7-1-3-10-24(21)27(34)19-33/h1-5,7-12,18,25,27,29,32H,6,13-17,19-20H2,(H,31,35). The first-order chi connectivity index (χ1) is 17.8. The molecule has 2 saturated heterocycles. The molecule has 2 aromatic carbocycles. The summed E-state index contributed by atoms with van der Waals surface area (Å²) in [6.45, 7) is 4.81. The van der Waals surface area contributed by atoms with E-state index in [4.69, 9.17) is 0 Å². The molecule has 3 atom stereocenters. The van der Waals surface area contributed by atoms with Crippen LogP contribution in [0, 0.1) is 0 Å². The molecular formula is C29H33N5OS. The SMILES string of the molecule is O=C(NCCCN1CCN2c3ccccc3Cc3ccccc3C2C1)C1CSC(c2cccnc2)N1. The van der Waals surface area contributed by atoms with Gasteiger partial charge in [0.05, 0.1) is 17.5 Å². The molecule has 6 rings (SSSR count). The number of carbonyl (C=O) groups is 1. The van der Waals surface area contributed by atoms with Crippen molar-refractivity contribution in [3.63, 3.8) is 0 Å². The first-order valence-corrected chi connectivity index (χ1v) is 14.0. The highest BCUT2D eigenvalue weighted by Gasteiger charge is 2.33. The van der Waals surface area contributed by atoms with Crippen LogP contribution in [0.2, 0.25) is 0 Å². The summed E-state index contributed by atoms with van der Waals surface area (Å²) in [6.07, 6.45) is 5.61. The van der Waals surface area contributed by atoms with Crippen molar-refractivity contribution in [3.8, 4) is 0 Å². The maximum atomic E-state index is 12.7. The Morgan fingerprint density at radius 2 is 1.92 bits per heavy atom. The average Bonchev–Trinajstić information content (AvgIpc) is 3.38. The quantitative estimate of drug-likeness (QED) is 0.504. The van der Waals surface area contributed by atoms with Gasteiger partial charge in [-0.2, -0.15) is 0 Å². The van der Waals surface area contributed by atoms with Crippen molar-refractivity contribution in [2.24, 2.45) is 0 Å². The van der Waals surface area contributed by atoms with E-state index in [9.17, 15) is 4.79 Å². The number of piperazine rings is 1. The molecule has 1 amide bonds. The zero-order chi connectivity index (χ0) is 24.3. The number of benzene rings is 2. The number of amides is 1. The molecule has 3 aliphatic heterocycles. The number of carbonyl (C=O) groups excluding carboxylic acids is 1. The topological polar surface area (TPSA) is 60.5 Å². The Labute approximate surface area is 217 Å². The number of nitrogens with one attached hydrogen (secondary N) is 2. The van der Waals surface area contributed by atoms with Crippen molar-refractivity contribution in [3.05, 3.63) is 95.3 Å². The predicted octanol–water partition coefficient (Wildman–Crippen LogP) is 3.76. The van der Waals surface area contributed by atoms with Crippen LogP contribution in [0.3, 0.4) is 0 Å². The Morgan fingerprint density at radius 3 is 2.81 bits per heavy atom. The van der Waals surface area contributed by atoms with Crippen molar-refractivity contribution in [2.75, 3.05) is 43.4 Å². The zero-order valence-electron chi connectivity index (χ0n) is 20.5. The molecule has 7 heteroatoms. The second-order valence-corrected chi connectivity index (χ2v) is 11.0. The third-order valence-corrected chi connectivity index (χ3v) is 8.86. The molecule has 0 aliphatic carbocycles. The lowest BCUT2D eigenvalue weighted by Crippen LogP contribution is -2.49. The summed E-state index contributed by atoms with van der Waals surface area (Å²) in [5.74, 6) is 0.892. The molecule has 6 nitrogen and oxygen atoms in total. The molecule has 1 aromatic heterocycles. The number of thioether (sulfide) groups is 1. The van der Waals surface area contributed by atoms with Crippen molar-refractivity contribution in [2.45, 2.75) is 30.3 Å². The van der Waals surface area contributed by atoms with Crippen molar-refractivity contribution >= 4 is 23.4 Å². The van der Waals surface area contributed by atoms with Gasteiger partial charge in [0.1, 0.15) is 0 Å². The number of hydrogen-bond acceptors (Lipinski definition) is 6. The number of para-hydroxylation sites is 1. The summed E-state index contributed by atoms with van der Waals surface area (Å²) in [5.41, 5.74) is 6.84. The molecule has 36 heavy (non-hydrogen) atoms. The minimum atomic E-state index is -0.147. The lowest BCUT2D eigenvalue weighted by molar-refractivity contribution is -0.122. The van der Waals surface area contributed by atoms with E-state index < -0.39 is 0 Å². The zero-order valence-corrected chi connectivity index (χ0v) is 21.3. The lowest BCUT2D eigenvalue weighted by Gasteiger charge is -2.43. The van der Waals surface area contributed by atoms with Crippen LogP contribution in [0.5, 0.6) is 0 Å². The van der Waals surface area contributed by atoms with Crippen LogP contribution in [0.1, 0.15) is 40.1 Å². The summed E-state index contributed by atoms with van der Waals surface area (Å²) < 4.78 is 0. The van der Waals surface area contributed by atoms with Crippen LogP contribution in [0.15, 0.2) is 73.1 Å². The first kappa shape index (κ1) is 23.5. The summed E-state index contributed by atoms with van der Waals surface area (Å²) in [7, 11) is 0. The van der Waals surface area contributed by atoms with E-state index in [1.54, 1.807) is 18.0 Å². The highest BCUT2D eigenvalue weighted by atomic mass is 32.2. The van der Waals surface area contributed by atoms with E-state index >= 15 is 0 Å². The lowest BCUT2D eigenvalue weighted by atomic mass is 9.96. The number of anilines is 1. The van der Waals surface area contributed by atoms with E-state index in [2.05, 4.69) is 80.0 Å². The molecule has 3 aromatic rings. The molecule has 3 aliphatic rings. The highest BCUT2D eigenvalue weighted by Crippen LogP contribution is 2.39. The van der Waals surface area contributed by atoms with Gasteiger partial charge >= 0.3 is 0 Å². The van der Waals surface area contributed by atoms with Crippen LogP contribution in [0.4, 0.5) is 5.69 Å². The monoisotopic (exact) mass is 499 g/mol. The normalized spacial score (nSPS) is 23.3. The van der Waals surface area contributed by atoms with Crippen molar-refractivity contribution < 1.29 is 4.79 Å². The maximum absolute atomic E-state index is 12.7. The third-order valence-electron chi connectivity index (χ3n) is 7.60. The first-order valence-electron chi connectivity index (χ1n) is 13.0. The van der Waals surface area contributed by atoms with Crippen molar-refractivity contribution in [1.29, 1.82) is 0 Å². The molecule has 0 bridgehead atoms. The summed E-state index contributed by atoms with van der Waals surface area (Å²) in [4.78, 5) is 22.1. The van der Waals surface area contributed by atoms with Crippen LogP contribution in [-0.2, 0) is 11.2 Å². The fourth-order valence-corrected chi connectivity index (χ4v) is 6.97. The highest BCUT2D eigenvalue weighted by molar-refractivity contribution is 7.99. The number of hydrogen-bond donors (Lipinski definition) is 2. The number of fused-ring (bicyclic) bond motifs is 5. The smallest absolute Gasteiger partial charge is 0.238 e. The third kappa shape index (κ3) is 4.88. The number of nitrogens with zero attached hydrogens (tertiary/aromatic N) is 3. The maximum Gasteiger partial charge on any atom is 0.238 e. The van der Waals surface area contributed by atoms with E-state index in [-0.39, 0.29) is 17.3 Å². The van der Waals surface area contributed by atoms with Gasteiger partial charge in [-0.3, -0.25) is 20.0 Å². The number of rotatable bonds is 6. The van der Waals surface area contributed by atoms with Gasteiger partial charge in [-0.15, -0.1) is 11.8 Å². The van der Waals surface area contributed by atoms with E-state index in [0.717, 1.165) is 50.3 Å². The molecule has 4 heterocycles. The van der Waals surface area contributed by atoms with Crippen LogP contribution < -0.4 is 15.5 Å². The van der Waals surface area contributed by atoms with E-state index in [1.165, 1.54) is 22.4 Å². The van der Waals surface area contributed by atoms with Crippen molar-refractivity contribution in [1.82, 2.24) is 20.5 Å². The Morgan fingerprint density at radius 1 is 1.06 bits per heavy atom. The molecule has 0 spiro atoms. The summed E-state index contributed by atoms with van der Waals surface area (Å²) in [5, 5.41) is 6.75. The average molecular weight is 500 g/mol. The molecule has 2 fully saturated rings. The van der Waals surface area contributed by atoms with Crippen LogP contribution in [0.25, 0.3) is 0 Å². The number of aromatic nitrogens is 1. The summed E-state index contributed by atoms with van der Waals surface area (Å²) >= 11 is 1.77. The predicted molar refractivity (Wildman–Crippen MR) is 146 cm³/mol. The second kappa shape index (κ2) is 10.6. The van der Waals surface area contributed by atoms with Crippen LogP contribution >= 0.6 is 11.8 Å². The molecule has 0 saturated carbocycles. The minimum Gasteiger partial charge on any atom is -0.362 e. The minimum absolute atomic E-state index is 0.105. The van der Waals surface area contributed by atoms with E-state index in [0.29, 0.717) is 12.6 Å². The van der Waals surface area contributed by atoms with E-state index in [1.807, 2.05) is 12.3 Å². The Balaban J connectivity index is 1.02. The summed E-state index contributed by atoms with van der Waals surface area (Å²) in [6, 6.07) is 22.1. The van der Waals surface area contributed by atoms with Crippen LogP contribution in [-0.4, -0.2) is 60.3 Å². The molecular weight excluding hydrogens is 466 g/mol. The van der Waals surface area contributed by atoms with Gasteiger partial charge < -0.3 is 10.2 Å². The molecule has 186 valence electrons. The Kier molecular flexibility index (Phi) is 6.94. The number of pyridine rings is 1. The Bertz CT molecular complexity index is 1210. The Hall–Kier alpha value is -2.87.